The summed E-state index contributed by atoms with van der Waals surface area (Å²) >= 11 is 0. The second kappa shape index (κ2) is 7.09. The molecule has 0 spiro atoms. The molecule has 0 aliphatic heterocycles. The number of hydrogen-bond donors (Lipinski definition) is 0. The Bertz CT molecular complexity index is 583. The number of aromatic carboxylic acids is 1. The van der Waals surface area contributed by atoms with Crippen molar-refractivity contribution in [2.24, 2.45) is 0 Å². The molecule has 0 amide bonds. The zero-order chi connectivity index (χ0) is 16.0. The Hall–Kier alpha value is -2.83. The normalized spacial score (nSPS) is 9.48. The molecule has 1 rings (SSSR count). The first-order valence-electron chi connectivity index (χ1n) is 5.72. The van der Waals surface area contributed by atoms with Gasteiger partial charge in [-0.3, -0.25) is 0 Å². The van der Waals surface area contributed by atoms with E-state index in [4.69, 9.17) is 4.74 Å². The SMILES string of the molecule is COC(=O)C(=Cc1ccc(OC)c(C(=O)[O-])c1)C(=O)OC. The van der Waals surface area contributed by atoms with Crippen molar-refractivity contribution in [2.45, 2.75) is 0 Å². The lowest BCUT2D eigenvalue weighted by molar-refractivity contribution is -0.255. The van der Waals surface area contributed by atoms with Crippen molar-refractivity contribution < 1.29 is 33.7 Å². The van der Waals surface area contributed by atoms with Gasteiger partial charge >= 0.3 is 11.9 Å². The summed E-state index contributed by atoms with van der Waals surface area (Å²) in [5, 5.41) is 11.0. The lowest BCUT2D eigenvalue weighted by atomic mass is 10.1. The van der Waals surface area contributed by atoms with Crippen molar-refractivity contribution in [1.82, 2.24) is 0 Å². The Labute approximate surface area is 120 Å². The van der Waals surface area contributed by atoms with E-state index in [0.29, 0.717) is 0 Å². The van der Waals surface area contributed by atoms with E-state index >= 15 is 0 Å². The largest absolute Gasteiger partial charge is 0.545 e. The topological polar surface area (TPSA) is 102 Å². The molecule has 0 saturated carbocycles. The molecular weight excluding hydrogens is 280 g/mol. The molecule has 0 bridgehead atoms. The minimum Gasteiger partial charge on any atom is -0.545 e. The van der Waals surface area contributed by atoms with Crippen LogP contribution in [-0.4, -0.2) is 39.2 Å². The fourth-order valence-corrected chi connectivity index (χ4v) is 1.56. The van der Waals surface area contributed by atoms with Gasteiger partial charge < -0.3 is 24.1 Å². The molecule has 0 atom stereocenters. The van der Waals surface area contributed by atoms with Crippen molar-refractivity contribution in [3.05, 3.63) is 34.9 Å². The molecule has 1 aromatic carbocycles. The maximum absolute atomic E-state index is 11.5. The van der Waals surface area contributed by atoms with Gasteiger partial charge in [-0.15, -0.1) is 0 Å². The molecule has 7 nitrogen and oxygen atoms in total. The summed E-state index contributed by atoms with van der Waals surface area (Å²) in [6, 6.07) is 4.06. The van der Waals surface area contributed by atoms with Crippen molar-refractivity contribution in [1.29, 1.82) is 0 Å². The molecule has 21 heavy (non-hydrogen) atoms. The van der Waals surface area contributed by atoms with E-state index in [9.17, 15) is 19.5 Å². The molecular formula is C14H13O7-. The lowest BCUT2D eigenvalue weighted by Crippen LogP contribution is -2.23. The van der Waals surface area contributed by atoms with Crippen LogP contribution in [0.25, 0.3) is 6.08 Å². The summed E-state index contributed by atoms with van der Waals surface area (Å²) < 4.78 is 13.8. The van der Waals surface area contributed by atoms with Crippen LogP contribution in [-0.2, 0) is 19.1 Å². The third-order valence-corrected chi connectivity index (χ3v) is 2.57. The van der Waals surface area contributed by atoms with Gasteiger partial charge in [-0.05, 0) is 23.8 Å². The highest BCUT2D eigenvalue weighted by molar-refractivity contribution is 6.17. The fourth-order valence-electron chi connectivity index (χ4n) is 1.56. The number of benzene rings is 1. The average Bonchev–Trinajstić information content (AvgIpc) is 2.50. The van der Waals surface area contributed by atoms with Gasteiger partial charge in [0.25, 0.3) is 0 Å². The molecule has 0 heterocycles. The summed E-state index contributed by atoms with van der Waals surface area (Å²) in [7, 11) is 3.53. The van der Waals surface area contributed by atoms with Crippen LogP contribution < -0.4 is 9.84 Å². The zero-order valence-corrected chi connectivity index (χ0v) is 11.7. The Morgan fingerprint density at radius 1 is 1.05 bits per heavy atom. The maximum Gasteiger partial charge on any atom is 0.345 e. The van der Waals surface area contributed by atoms with E-state index in [1.165, 1.54) is 25.3 Å². The first kappa shape index (κ1) is 16.2. The van der Waals surface area contributed by atoms with E-state index < -0.39 is 17.9 Å². The first-order chi connectivity index (χ1) is 9.94. The second-order valence-electron chi connectivity index (χ2n) is 3.79. The van der Waals surface area contributed by atoms with Gasteiger partial charge in [0, 0.05) is 5.56 Å². The van der Waals surface area contributed by atoms with Crippen LogP contribution in [0.15, 0.2) is 23.8 Å². The monoisotopic (exact) mass is 293 g/mol. The summed E-state index contributed by atoms with van der Waals surface area (Å²) in [4.78, 5) is 34.0. The van der Waals surface area contributed by atoms with E-state index in [1.807, 2.05) is 0 Å². The third-order valence-electron chi connectivity index (χ3n) is 2.57. The van der Waals surface area contributed by atoms with Crippen molar-refractivity contribution in [2.75, 3.05) is 21.3 Å². The third kappa shape index (κ3) is 3.82. The summed E-state index contributed by atoms with van der Waals surface area (Å²) in [5.74, 6) is -3.13. The number of ether oxygens (including phenoxy) is 3. The molecule has 0 saturated heterocycles. The number of esters is 2. The van der Waals surface area contributed by atoms with Gasteiger partial charge in [-0.1, -0.05) is 6.07 Å². The van der Waals surface area contributed by atoms with Gasteiger partial charge in [-0.25, -0.2) is 9.59 Å². The predicted molar refractivity (Wildman–Crippen MR) is 69.3 cm³/mol. The quantitative estimate of drug-likeness (QED) is 0.320. The van der Waals surface area contributed by atoms with E-state index in [1.54, 1.807) is 0 Å². The van der Waals surface area contributed by atoms with Crippen molar-refractivity contribution >= 4 is 24.0 Å². The summed E-state index contributed by atoms with van der Waals surface area (Å²) in [6.07, 6.45) is 1.16. The highest BCUT2D eigenvalue weighted by atomic mass is 16.5. The number of carbonyl (C=O) groups is 3. The number of carboxylic acids is 1. The standard InChI is InChI=1S/C14H14O7/c1-19-11-5-4-8(6-9(11)12(15)16)7-10(13(17)20-2)14(18)21-3/h4-7H,1-3H3,(H,15,16)/p-1. The van der Waals surface area contributed by atoms with Crippen molar-refractivity contribution in [3.63, 3.8) is 0 Å². The molecule has 0 fully saturated rings. The second-order valence-corrected chi connectivity index (χ2v) is 3.79. The molecule has 0 unspecified atom stereocenters. The Morgan fingerprint density at radius 3 is 2.05 bits per heavy atom. The van der Waals surface area contributed by atoms with Crippen LogP contribution in [0, 0.1) is 0 Å². The molecule has 0 aliphatic carbocycles. The summed E-state index contributed by atoms with van der Waals surface area (Å²) in [6.45, 7) is 0. The van der Waals surface area contributed by atoms with E-state index in [2.05, 4.69) is 9.47 Å². The number of hydrogen-bond acceptors (Lipinski definition) is 7. The van der Waals surface area contributed by atoms with Gasteiger partial charge in [0.2, 0.25) is 0 Å². The minimum absolute atomic E-state index is 0.102. The van der Waals surface area contributed by atoms with Crippen LogP contribution in [0.2, 0.25) is 0 Å². The van der Waals surface area contributed by atoms with E-state index in [0.717, 1.165) is 20.3 Å². The number of methoxy groups -OCH3 is 3. The zero-order valence-electron chi connectivity index (χ0n) is 11.7. The van der Waals surface area contributed by atoms with Gasteiger partial charge in [-0.2, -0.15) is 0 Å². The number of carbonyl (C=O) groups excluding carboxylic acids is 3. The molecule has 7 heteroatoms. The molecule has 0 aliphatic rings. The Balaban J connectivity index is 3.34. The van der Waals surface area contributed by atoms with Crippen molar-refractivity contribution in [3.8, 4) is 5.75 Å². The fraction of sp³-hybridized carbons (Fsp3) is 0.214. The van der Waals surface area contributed by atoms with Crippen LogP contribution in [0.3, 0.4) is 0 Å². The minimum atomic E-state index is -1.44. The highest BCUT2D eigenvalue weighted by Gasteiger charge is 2.19. The Morgan fingerprint density at radius 2 is 1.62 bits per heavy atom. The summed E-state index contributed by atoms with van der Waals surface area (Å²) in [5.41, 5.74) is -0.296. The number of rotatable bonds is 5. The average molecular weight is 293 g/mol. The lowest BCUT2D eigenvalue weighted by Gasteiger charge is -2.10. The molecule has 0 aromatic heterocycles. The maximum atomic E-state index is 11.5. The van der Waals surface area contributed by atoms with Crippen LogP contribution >= 0.6 is 0 Å². The number of carboxylic acid groups (broad SMARTS) is 1. The van der Waals surface area contributed by atoms with Crippen LogP contribution in [0.5, 0.6) is 5.75 Å². The van der Waals surface area contributed by atoms with Crippen LogP contribution in [0.4, 0.5) is 0 Å². The van der Waals surface area contributed by atoms with Crippen LogP contribution in [0.1, 0.15) is 15.9 Å². The smallest absolute Gasteiger partial charge is 0.345 e. The molecule has 0 N–H and O–H groups in total. The van der Waals surface area contributed by atoms with Gasteiger partial charge in [0.15, 0.2) is 0 Å². The molecule has 112 valence electrons. The predicted octanol–water partition coefficient (Wildman–Crippen LogP) is -0.212. The highest BCUT2D eigenvalue weighted by Crippen LogP contribution is 2.21. The van der Waals surface area contributed by atoms with Gasteiger partial charge in [0.1, 0.15) is 11.3 Å². The molecule has 0 radical (unpaired) electrons. The molecule has 1 aromatic rings. The Kier molecular flexibility index (Phi) is 5.48. The van der Waals surface area contributed by atoms with E-state index in [-0.39, 0.29) is 22.4 Å². The van der Waals surface area contributed by atoms with Gasteiger partial charge in [0.05, 0.1) is 27.3 Å². The first-order valence-corrected chi connectivity index (χ1v) is 5.72.